The normalized spacial score (nSPS) is 15.8. The molecule has 0 saturated carbocycles. The van der Waals surface area contributed by atoms with Crippen molar-refractivity contribution in [1.29, 1.82) is 0 Å². The van der Waals surface area contributed by atoms with Crippen LogP contribution in [0.15, 0.2) is 22.5 Å². The van der Waals surface area contributed by atoms with Crippen LogP contribution >= 0.6 is 0 Å². The number of esters is 2. The molecule has 30 heavy (non-hydrogen) atoms. The number of nitrogens with one attached hydrogen (secondary N) is 1. The van der Waals surface area contributed by atoms with Crippen molar-refractivity contribution in [2.45, 2.75) is 99.4 Å². The lowest BCUT2D eigenvalue weighted by Gasteiger charge is -2.35. The second-order valence-electron chi connectivity index (χ2n) is 10.3. The molecule has 0 aliphatic carbocycles. The highest BCUT2D eigenvalue weighted by molar-refractivity contribution is 5.97. The Hall–Kier alpha value is -2.51. The summed E-state index contributed by atoms with van der Waals surface area (Å²) in [5.74, 6) is -1.13. The molecule has 0 fully saturated rings. The summed E-state index contributed by atoms with van der Waals surface area (Å²) in [7, 11) is 0. The van der Waals surface area contributed by atoms with Crippen LogP contribution in [0.25, 0.3) is 0 Å². The number of hydrogen-bond donors (Lipinski definition) is 1. The Kier molecular flexibility index (Phi) is 7.40. The molecule has 1 amide bonds. The second kappa shape index (κ2) is 8.70. The van der Waals surface area contributed by atoms with E-state index < -0.39 is 34.8 Å². The Morgan fingerprint density at radius 1 is 0.700 bits per heavy atom. The Labute approximate surface area is 179 Å². The molecule has 1 aliphatic heterocycles. The van der Waals surface area contributed by atoms with Gasteiger partial charge in [-0.05, 0) is 76.2 Å². The van der Waals surface area contributed by atoms with E-state index in [0.29, 0.717) is 11.4 Å². The number of allylic oxidation sites excluding steroid dienone is 2. The van der Waals surface area contributed by atoms with Crippen LogP contribution in [0.4, 0.5) is 4.79 Å². The van der Waals surface area contributed by atoms with Gasteiger partial charge in [0.15, 0.2) is 0 Å². The number of amides is 1. The van der Waals surface area contributed by atoms with Gasteiger partial charge in [0.2, 0.25) is 0 Å². The Bertz CT molecular complexity index is 723. The number of nitrogens with zero attached hydrogens (tertiary/aromatic N) is 1. The average molecular weight is 425 g/mol. The van der Waals surface area contributed by atoms with E-state index >= 15 is 0 Å². The van der Waals surface area contributed by atoms with Gasteiger partial charge >= 0.3 is 18.0 Å². The molecule has 0 bridgehead atoms. The van der Waals surface area contributed by atoms with Gasteiger partial charge in [-0.2, -0.15) is 0 Å². The lowest BCUT2D eigenvalue weighted by atomic mass is 9.97. The Morgan fingerprint density at radius 3 is 1.33 bits per heavy atom. The van der Waals surface area contributed by atoms with E-state index in [0.717, 1.165) is 0 Å². The minimum atomic E-state index is -0.713. The van der Waals surface area contributed by atoms with E-state index in [9.17, 15) is 14.4 Å². The third-order valence-corrected chi connectivity index (χ3v) is 3.79. The highest BCUT2D eigenvalue weighted by Gasteiger charge is 2.35. The summed E-state index contributed by atoms with van der Waals surface area (Å²) < 4.78 is 16.3. The first kappa shape index (κ1) is 25.5. The van der Waals surface area contributed by atoms with Gasteiger partial charge in [-0.1, -0.05) is 0 Å². The van der Waals surface area contributed by atoms with E-state index in [1.807, 2.05) is 0 Å². The first-order chi connectivity index (χ1) is 13.3. The zero-order valence-corrected chi connectivity index (χ0v) is 20.1. The summed E-state index contributed by atoms with van der Waals surface area (Å²) in [5, 5.41) is 1.37. The monoisotopic (exact) mass is 424 g/mol. The van der Waals surface area contributed by atoms with Crippen molar-refractivity contribution in [2.75, 3.05) is 0 Å². The lowest BCUT2D eigenvalue weighted by molar-refractivity contribution is -0.150. The topological polar surface area (TPSA) is 94.2 Å². The summed E-state index contributed by atoms with van der Waals surface area (Å²) >= 11 is 0. The van der Waals surface area contributed by atoms with Gasteiger partial charge in [-0.3, -0.25) is 5.01 Å². The first-order valence-corrected chi connectivity index (χ1v) is 9.97. The van der Waals surface area contributed by atoms with Crippen LogP contribution in [0.2, 0.25) is 0 Å². The molecule has 8 heteroatoms. The standard InChI is InChI=1S/C22H36N2O6/c1-13-15(17(25)28-20(3,4)5)12-16(18(26)29-21(6,7)8)14(2)24(13)23-19(27)30-22(9,10)11/h12H2,1-11H3,(H,23,27). The zero-order valence-electron chi connectivity index (χ0n) is 20.1. The smallest absolute Gasteiger partial charge is 0.426 e. The van der Waals surface area contributed by atoms with Gasteiger partial charge in [0.25, 0.3) is 0 Å². The molecule has 1 heterocycles. The maximum Gasteiger partial charge on any atom is 0.426 e. The highest BCUT2D eigenvalue weighted by atomic mass is 16.6. The predicted molar refractivity (Wildman–Crippen MR) is 113 cm³/mol. The molecule has 0 aromatic heterocycles. The first-order valence-electron chi connectivity index (χ1n) is 9.97. The van der Waals surface area contributed by atoms with Crippen LogP contribution < -0.4 is 5.43 Å². The molecule has 0 atom stereocenters. The quantitative estimate of drug-likeness (QED) is 0.531. The molecule has 0 aromatic rings. The van der Waals surface area contributed by atoms with Crippen LogP contribution in [0.1, 0.15) is 82.6 Å². The molecular formula is C22H36N2O6. The third-order valence-electron chi connectivity index (χ3n) is 3.79. The van der Waals surface area contributed by atoms with Crippen molar-refractivity contribution in [1.82, 2.24) is 10.4 Å². The maximum absolute atomic E-state index is 12.8. The van der Waals surface area contributed by atoms with Crippen molar-refractivity contribution in [3.8, 4) is 0 Å². The van der Waals surface area contributed by atoms with Gasteiger partial charge in [0.05, 0.1) is 11.1 Å². The Balaban J connectivity index is 3.36. The molecular weight excluding hydrogens is 388 g/mol. The molecule has 0 saturated heterocycles. The van der Waals surface area contributed by atoms with Crippen molar-refractivity contribution >= 4 is 18.0 Å². The van der Waals surface area contributed by atoms with E-state index in [2.05, 4.69) is 5.43 Å². The van der Waals surface area contributed by atoms with Crippen LogP contribution in [-0.4, -0.2) is 39.8 Å². The van der Waals surface area contributed by atoms with Crippen molar-refractivity contribution in [2.24, 2.45) is 0 Å². The summed E-state index contributed by atoms with van der Waals surface area (Å²) in [6.45, 7) is 19.1. The van der Waals surface area contributed by atoms with E-state index in [1.54, 1.807) is 76.2 Å². The fourth-order valence-electron chi connectivity index (χ4n) is 2.63. The van der Waals surface area contributed by atoms with Gasteiger partial charge < -0.3 is 14.2 Å². The molecule has 1 aliphatic rings. The van der Waals surface area contributed by atoms with E-state index in [4.69, 9.17) is 14.2 Å². The van der Waals surface area contributed by atoms with E-state index in [-0.39, 0.29) is 17.6 Å². The zero-order chi connectivity index (χ0) is 23.7. The number of carbonyl (C=O) groups is 3. The van der Waals surface area contributed by atoms with Crippen molar-refractivity contribution < 1.29 is 28.6 Å². The largest absolute Gasteiger partial charge is 0.457 e. The van der Waals surface area contributed by atoms with E-state index in [1.165, 1.54) is 5.01 Å². The predicted octanol–water partition coefficient (Wildman–Crippen LogP) is 4.36. The lowest BCUT2D eigenvalue weighted by Crippen LogP contribution is -2.46. The number of hydrogen-bond acceptors (Lipinski definition) is 7. The summed E-state index contributed by atoms with van der Waals surface area (Å²) in [5.41, 5.74) is 1.88. The van der Waals surface area contributed by atoms with Crippen LogP contribution in [0, 0.1) is 0 Å². The molecule has 8 nitrogen and oxygen atoms in total. The molecule has 170 valence electrons. The van der Waals surface area contributed by atoms with Crippen molar-refractivity contribution in [3.05, 3.63) is 22.5 Å². The minimum absolute atomic E-state index is 0.0357. The third kappa shape index (κ3) is 7.72. The number of carbonyl (C=O) groups excluding carboxylic acids is 3. The van der Waals surface area contributed by atoms with Gasteiger partial charge in [-0.15, -0.1) is 0 Å². The fourth-order valence-corrected chi connectivity index (χ4v) is 2.63. The second-order valence-corrected chi connectivity index (χ2v) is 10.3. The van der Waals surface area contributed by atoms with Crippen LogP contribution in [-0.2, 0) is 23.8 Å². The molecule has 0 aromatic carbocycles. The number of ether oxygens (including phenoxy) is 3. The van der Waals surface area contributed by atoms with Gasteiger partial charge in [0.1, 0.15) is 16.8 Å². The minimum Gasteiger partial charge on any atom is -0.457 e. The maximum atomic E-state index is 12.8. The SMILES string of the molecule is CC1=C(C(=O)OC(C)(C)C)CC(C(=O)OC(C)(C)C)=C(C)N1NC(=O)OC(C)(C)C. The molecule has 0 unspecified atom stereocenters. The van der Waals surface area contributed by atoms with Crippen LogP contribution in [0.3, 0.4) is 0 Å². The average Bonchev–Trinajstić information content (AvgIpc) is 2.45. The summed E-state index contributed by atoms with van der Waals surface area (Å²) in [6, 6.07) is 0. The number of rotatable bonds is 3. The summed E-state index contributed by atoms with van der Waals surface area (Å²) in [4.78, 5) is 38.0. The molecule has 1 N–H and O–H groups in total. The molecule has 1 rings (SSSR count). The van der Waals surface area contributed by atoms with Crippen molar-refractivity contribution in [3.63, 3.8) is 0 Å². The highest BCUT2D eigenvalue weighted by Crippen LogP contribution is 2.32. The number of hydrazine groups is 1. The summed E-state index contributed by atoms with van der Waals surface area (Å²) in [6.07, 6.45) is -0.677. The molecule has 0 spiro atoms. The van der Waals surface area contributed by atoms with Crippen LogP contribution in [0.5, 0.6) is 0 Å². The molecule has 0 radical (unpaired) electrons. The van der Waals surface area contributed by atoms with Gasteiger partial charge in [0, 0.05) is 17.8 Å². The van der Waals surface area contributed by atoms with Gasteiger partial charge in [-0.25, -0.2) is 19.8 Å². The fraction of sp³-hybridized carbons (Fsp3) is 0.682. The Morgan fingerprint density at radius 2 is 1.03 bits per heavy atom.